The highest BCUT2D eigenvalue weighted by atomic mass is 19.1. The molecule has 2 aromatic rings. The first-order chi connectivity index (χ1) is 11.0. The van der Waals surface area contributed by atoms with E-state index >= 15 is 0 Å². The molecule has 0 unspecified atom stereocenters. The molecule has 0 aliphatic heterocycles. The van der Waals surface area contributed by atoms with Gasteiger partial charge in [0, 0.05) is 5.56 Å². The van der Waals surface area contributed by atoms with Crippen molar-refractivity contribution in [3.63, 3.8) is 0 Å². The Bertz CT molecular complexity index is 711. The van der Waals surface area contributed by atoms with Crippen LogP contribution in [-0.4, -0.2) is 18.5 Å². The molecule has 0 aromatic heterocycles. The quantitative estimate of drug-likeness (QED) is 0.791. The van der Waals surface area contributed by atoms with E-state index in [9.17, 15) is 18.4 Å². The van der Waals surface area contributed by atoms with E-state index in [2.05, 4.69) is 0 Å². The molecule has 0 saturated heterocycles. The van der Waals surface area contributed by atoms with Gasteiger partial charge in [0.1, 0.15) is 18.2 Å². The minimum atomic E-state index is -0.705. The minimum Gasteiger partial charge on any atom is -0.462 e. The van der Waals surface area contributed by atoms with E-state index in [4.69, 9.17) is 9.47 Å². The summed E-state index contributed by atoms with van der Waals surface area (Å²) in [5.41, 5.74) is 0.441. The maximum atomic E-state index is 13.4. The summed E-state index contributed by atoms with van der Waals surface area (Å²) in [5, 5.41) is 0. The third-order valence-corrected chi connectivity index (χ3v) is 3.00. The van der Waals surface area contributed by atoms with E-state index in [-0.39, 0.29) is 24.3 Å². The van der Waals surface area contributed by atoms with E-state index < -0.39 is 23.6 Å². The first-order valence-corrected chi connectivity index (χ1v) is 6.89. The van der Waals surface area contributed by atoms with Crippen LogP contribution in [0.25, 0.3) is 0 Å². The van der Waals surface area contributed by atoms with Crippen molar-refractivity contribution in [1.82, 2.24) is 0 Å². The summed E-state index contributed by atoms with van der Waals surface area (Å²) in [5.74, 6) is -2.47. The zero-order valence-corrected chi connectivity index (χ0v) is 12.3. The van der Waals surface area contributed by atoms with E-state index in [1.165, 1.54) is 24.3 Å². The van der Waals surface area contributed by atoms with Gasteiger partial charge in [-0.2, -0.15) is 0 Å². The highest BCUT2D eigenvalue weighted by Gasteiger charge is 2.12. The van der Waals surface area contributed by atoms with Crippen LogP contribution in [0.15, 0.2) is 42.5 Å². The smallest absolute Gasteiger partial charge is 0.338 e. The van der Waals surface area contributed by atoms with Crippen LogP contribution >= 0.6 is 0 Å². The third-order valence-electron chi connectivity index (χ3n) is 3.00. The van der Waals surface area contributed by atoms with E-state index in [1.54, 1.807) is 6.92 Å². The molecule has 0 fully saturated rings. The Morgan fingerprint density at radius 1 is 0.913 bits per heavy atom. The fourth-order valence-corrected chi connectivity index (χ4v) is 1.84. The van der Waals surface area contributed by atoms with Crippen molar-refractivity contribution in [1.29, 1.82) is 0 Å². The van der Waals surface area contributed by atoms with Gasteiger partial charge in [0.05, 0.1) is 17.7 Å². The SMILES string of the molecule is CCOC(=O)c1ccc(C(=O)OCc2cc(F)ccc2F)cc1. The Morgan fingerprint density at radius 2 is 1.48 bits per heavy atom. The van der Waals surface area contributed by atoms with Gasteiger partial charge < -0.3 is 9.47 Å². The molecule has 0 amide bonds. The topological polar surface area (TPSA) is 52.6 Å². The number of ether oxygens (including phenoxy) is 2. The number of hydrogen-bond acceptors (Lipinski definition) is 4. The first kappa shape index (κ1) is 16.6. The van der Waals surface area contributed by atoms with Crippen LogP contribution in [-0.2, 0) is 16.1 Å². The Morgan fingerprint density at radius 3 is 2.04 bits per heavy atom. The average Bonchev–Trinajstić information content (AvgIpc) is 2.55. The van der Waals surface area contributed by atoms with Gasteiger partial charge in [0.25, 0.3) is 0 Å². The van der Waals surface area contributed by atoms with Gasteiger partial charge in [0.15, 0.2) is 0 Å². The summed E-state index contributed by atoms with van der Waals surface area (Å²) in [4.78, 5) is 23.4. The molecule has 4 nitrogen and oxygen atoms in total. The van der Waals surface area contributed by atoms with Crippen LogP contribution in [0.2, 0.25) is 0 Å². The van der Waals surface area contributed by atoms with Gasteiger partial charge in [-0.15, -0.1) is 0 Å². The summed E-state index contributed by atoms with van der Waals surface area (Å²) in [7, 11) is 0. The number of halogens is 2. The highest BCUT2D eigenvalue weighted by Crippen LogP contribution is 2.13. The number of esters is 2. The van der Waals surface area contributed by atoms with Gasteiger partial charge in [-0.1, -0.05) is 0 Å². The standard InChI is InChI=1S/C17H14F2O4/c1-2-22-16(20)11-3-5-12(6-4-11)17(21)23-10-13-9-14(18)7-8-15(13)19/h3-9H,2,10H2,1H3. The molecular weight excluding hydrogens is 306 g/mol. The van der Waals surface area contributed by atoms with Crippen molar-refractivity contribution in [2.24, 2.45) is 0 Å². The monoisotopic (exact) mass is 320 g/mol. The van der Waals surface area contributed by atoms with Gasteiger partial charge in [-0.25, -0.2) is 18.4 Å². The predicted octanol–water partition coefficient (Wildman–Crippen LogP) is 3.50. The Balaban J connectivity index is 2.00. The number of rotatable bonds is 5. The molecule has 0 spiro atoms. The van der Waals surface area contributed by atoms with Gasteiger partial charge in [0.2, 0.25) is 0 Å². The largest absolute Gasteiger partial charge is 0.462 e. The normalized spacial score (nSPS) is 10.2. The van der Waals surface area contributed by atoms with Gasteiger partial charge in [-0.3, -0.25) is 0 Å². The number of carbonyl (C=O) groups excluding carboxylic acids is 2. The molecule has 23 heavy (non-hydrogen) atoms. The van der Waals surface area contributed by atoms with Crippen LogP contribution < -0.4 is 0 Å². The first-order valence-electron chi connectivity index (χ1n) is 6.89. The second-order valence-corrected chi connectivity index (χ2v) is 4.61. The second-order valence-electron chi connectivity index (χ2n) is 4.61. The molecule has 6 heteroatoms. The lowest BCUT2D eigenvalue weighted by Crippen LogP contribution is -2.08. The Hall–Kier alpha value is -2.76. The molecule has 2 rings (SSSR count). The molecule has 0 atom stereocenters. The molecule has 0 heterocycles. The van der Waals surface area contributed by atoms with Gasteiger partial charge in [-0.05, 0) is 49.4 Å². The second kappa shape index (κ2) is 7.49. The van der Waals surface area contributed by atoms with Gasteiger partial charge >= 0.3 is 11.9 Å². The van der Waals surface area contributed by atoms with E-state index in [0.29, 0.717) is 5.56 Å². The number of hydrogen-bond donors (Lipinski definition) is 0. The Kier molecular flexibility index (Phi) is 5.41. The highest BCUT2D eigenvalue weighted by molar-refractivity contribution is 5.93. The average molecular weight is 320 g/mol. The Labute approximate surface area is 131 Å². The van der Waals surface area contributed by atoms with Crippen molar-refractivity contribution >= 4 is 11.9 Å². The molecule has 0 aliphatic rings. The zero-order chi connectivity index (χ0) is 16.8. The maximum absolute atomic E-state index is 13.4. The molecule has 0 bridgehead atoms. The number of carbonyl (C=O) groups is 2. The van der Waals surface area contributed by atoms with Crippen LogP contribution in [0, 0.1) is 11.6 Å². The maximum Gasteiger partial charge on any atom is 0.338 e. The van der Waals surface area contributed by atoms with Crippen LogP contribution in [0.5, 0.6) is 0 Å². The van der Waals surface area contributed by atoms with E-state index in [0.717, 1.165) is 18.2 Å². The molecular formula is C17H14F2O4. The molecule has 0 radical (unpaired) electrons. The summed E-state index contributed by atoms with van der Waals surface area (Å²) in [6, 6.07) is 8.57. The fraction of sp³-hybridized carbons (Fsp3) is 0.176. The zero-order valence-electron chi connectivity index (χ0n) is 12.3. The lowest BCUT2D eigenvalue weighted by molar-refractivity contribution is 0.0465. The van der Waals surface area contributed by atoms with Crippen molar-refractivity contribution in [2.75, 3.05) is 6.61 Å². The fourth-order valence-electron chi connectivity index (χ4n) is 1.84. The summed E-state index contributed by atoms with van der Waals surface area (Å²) < 4.78 is 36.2. The summed E-state index contributed by atoms with van der Waals surface area (Å²) in [6.45, 7) is 1.55. The molecule has 0 aliphatic carbocycles. The summed E-state index contributed by atoms with van der Waals surface area (Å²) >= 11 is 0. The number of benzene rings is 2. The van der Waals surface area contributed by atoms with E-state index in [1.807, 2.05) is 0 Å². The lowest BCUT2D eigenvalue weighted by Gasteiger charge is -2.07. The van der Waals surface area contributed by atoms with Crippen LogP contribution in [0.3, 0.4) is 0 Å². The minimum absolute atomic E-state index is 0.0542. The van der Waals surface area contributed by atoms with Crippen molar-refractivity contribution < 1.29 is 27.8 Å². The molecule has 2 aromatic carbocycles. The predicted molar refractivity (Wildman–Crippen MR) is 77.9 cm³/mol. The van der Waals surface area contributed by atoms with Crippen LogP contribution in [0.4, 0.5) is 8.78 Å². The van der Waals surface area contributed by atoms with Crippen molar-refractivity contribution in [2.45, 2.75) is 13.5 Å². The third kappa shape index (κ3) is 4.35. The lowest BCUT2D eigenvalue weighted by atomic mass is 10.1. The van der Waals surface area contributed by atoms with Crippen LogP contribution in [0.1, 0.15) is 33.2 Å². The summed E-state index contributed by atoms with van der Waals surface area (Å²) in [6.07, 6.45) is 0. The van der Waals surface area contributed by atoms with Crippen molar-refractivity contribution in [3.05, 3.63) is 70.8 Å². The molecule has 120 valence electrons. The molecule has 0 N–H and O–H groups in total. The van der Waals surface area contributed by atoms with Crippen molar-refractivity contribution in [3.8, 4) is 0 Å². The molecule has 0 saturated carbocycles.